The van der Waals surface area contributed by atoms with Crippen molar-refractivity contribution in [3.05, 3.63) is 36.0 Å². The normalized spacial score (nSPS) is 14.1. The number of nitrogens with one attached hydrogen (secondary N) is 1. The largest absolute Gasteiger partial charge is 0.497 e. The lowest BCUT2D eigenvalue weighted by molar-refractivity contribution is -0.122. The Labute approximate surface area is 116 Å². The summed E-state index contributed by atoms with van der Waals surface area (Å²) in [6, 6.07) is 9.41. The van der Waals surface area contributed by atoms with Crippen molar-refractivity contribution in [2.45, 2.75) is 19.4 Å². The highest BCUT2D eigenvalue weighted by Crippen LogP contribution is 2.29. The van der Waals surface area contributed by atoms with Crippen LogP contribution in [0, 0.1) is 5.92 Å². The first-order chi connectivity index (χ1) is 9.76. The van der Waals surface area contributed by atoms with Gasteiger partial charge in [-0.05, 0) is 25.0 Å². The Kier molecular flexibility index (Phi) is 3.41. The molecule has 1 fully saturated rings. The molecule has 1 aliphatic rings. The molecule has 1 heterocycles. The fourth-order valence-electron chi connectivity index (χ4n) is 1.98. The molecule has 5 nitrogen and oxygen atoms in total. The van der Waals surface area contributed by atoms with Crippen molar-refractivity contribution < 1.29 is 14.1 Å². The maximum Gasteiger partial charge on any atom is 0.223 e. The smallest absolute Gasteiger partial charge is 0.223 e. The van der Waals surface area contributed by atoms with Gasteiger partial charge in [-0.15, -0.1) is 0 Å². The van der Waals surface area contributed by atoms with E-state index < -0.39 is 0 Å². The van der Waals surface area contributed by atoms with Gasteiger partial charge in [0.1, 0.15) is 11.4 Å². The lowest BCUT2D eigenvalue weighted by Crippen LogP contribution is -2.24. The van der Waals surface area contributed by atoms with Gasteiger partial charge in [0.05, 0.1) is 13.7 Å². The summed E-state index contributed by atoms with van der Waals surface area (Å²) in [5, 5.41) is 6.83. The van der Waals surface area contributed by atoms with Crippen molar-refractivity contribution in [2.24, 2.45) is 5.92 Å². The number of methoxy groups -OCH3 is 1. The Hall–Kier alpha value is -2.30. The molecule has 0 bridgehead atoms. The zero-order valence-corrected chi connectivity index (χ0v) is 11.3. The van der Waals surface area contributed by atoms with Gasteiger partial charge >= 0.3 is 0 Å². The number of aromatic nitrogens is 1. The first-order valence-corrected chi connectivity index (χ1v) is 6.64. The predicted octanol–water partition coefficient (Wildman–Crippen LogP) is 2.38. The standard InChI is InChI=1S/C15H16N2O3/c1-19-13-4-2-3-11(7-13)14-8-12(17-20-14)9-16-15(18)10-5-6-10/h2-4,7-8,10H,5-6,9H2,1H3,(H,16,18). The fourth-order valence-corrected chi connectivity index (χ4v) is 1.98. The third-order valence-electron chi connectivity index (χ3n) is 3.31. The lowest BCUT2D eigenvalue weighted by atomic mass is 10.1. The Morgan fingerprint density at radius 1 is 1.45 bits per heavy atom. The molecule has 20 heavy (non-hydrogen) atoms. The van der Waals surface area contributed by atoms with Gasteiger partial charge in [-0.3, -0.25) is 4.79 Å². The average molecular weight is 272 g/mol. The van der Waals surface area contributed by atoms with Crippen LogP contribution in [0.4, 0.5) is 0 Å². The maximum absolute atomic E-state index is 11.6. The molecule has 2 aromatic rings. The van der Waals surface area contributed by atoms with Crippen LogP contribution < -0.4 is 10.1 Å². The van der Waals surface area contributed by atoms with Crippen LogP contribution in [-0.2, 0) is 11.3 Å². The van der Waals surface area contributed by atoms with Gasteiger partial charge in [-0.25, -0.2) is 0 Å². The molecular weight excluding hydrogens is 256 g/mol. The van der Waals surface area contributed by atoms with E-state index in [-0.39, 0.29) is 11.8 Å². The second-order valence-electron chi connectivity index (χ2n) is 4.91. The first kappa shape index (κ1) is 12.7. The number of amides is 1. The highest BCUT2D eigenvalue weighted by molar-refractivity contribution is 5.80. The maximum atomic E-state index is 11.6. The molecule has 1 amide bonds. The van der Waals surface area contributed by atoms with E-state index in [1.165, 1.54) is 0 Å². The van der Waals surface area contributed by atoms with Crippen LogP contribution in [0.5, 0.6) is 5.75 Å². The summed E-state index contributed by atoms with van der Waals surface area (Å²) in [6.45, 7) is 0.406. The summed E-state index contributed by atoms with van der Waals surface area (Å²) in [5.41, 5.74) is 1.62. The number of nitrogens with zero attached hydrogens (tertiary/aromatic N) is 1. The molecular formula is C15H16N2O3. The zero-order valence-electron chi connectivity index (χ0n) is 11.3. The van der Waals surface area contributed by atoms with Crippen molar-refractivity contribution in [3.8, 4) is 17.1 Å². The van der Waals surface area contributed by atoms with E-state index in [9.17, 15) is 4.79 Å². The third kappa shape index (κ3) is 2.82. The highest BCUT2D eigenvalue weighted by Gasteiger charge is 2.29. The summed E-state index contributed by atoms with van der Waals surface area (Å²) in [7, 11) is 1.62. The molecule has 1 saturated carbocycles. The van der Waals surface area contributed by atoms with Gasteiger partial charge < -0.3 is 14.6 Å². The van der Waals surface area contributed by atoms with Crippen molar-refractivity contribution in [1.82, 2.24) is 10.5 Å². The van der Waals surface area contributed by atoms with Gasteiger partial charge in [0.25, 0.3) is 0 Å². The number of rotatable bonds is 5. The molecule has 104 valence electrons. The second kappa shape index (κ2) is 5.36. The predicted molar refractivity (Wildman–Crippen MR) is 73.1 cm³/mol. The van der Waals surface area contributed by atoms with Crippen molar-refractivity contribution in [2.75, 3.05) is 7.11 Å². The van der Waals surface area contributed by atoms with Gasteiger partial charge in [-0.2, -0.15) is 0 Å². The molecule has 0 aliphatic heterocycles. The van der Waals surface area contributed by atoms with Crippen LogP contribution in [0.3, 0.4) is 0 Å². The van der Waals surface area contributed by atoms with Crippen molar-refractivity contribution >= 4 is 5.91 Å². The minimum Gasteiger partial charge on any atom is -0.497 e. The molecule has 0 spiro atoms. The van der Waals surface area contributed by atoms with E-state index >= 15 is 0 Å². The van der Waals surface area contributed by atoms with Crippen LogP contribution >= 0.6 is 0 Å². The molecule has 0 saturated heterocycles. The third-order valence-corrected chi connectivity index (χ3v) is 3.31. The van der Waals surface area contributed by atoms with E-state index in [1.54, 1.807) is 7.11 Å². The topological polar surface area (TPSA) is 64.4 Å². The van der Waals surface area contributed by atoms with Crippen LogP contribution in [0.1, 0.15) is 18.5 Å². The Morgan fingerprint density at radius 2 is 2.30 bits per heavy atom. The number of ether oxygens (including phenoxy) is 1. The number of hydrogen-bond acceptors (Lipinski definition) is 4. The fraction of sp³-hybridized carbons (Fsp3) is 0.333. The highest BCUT2D eigenvalue weighted by atomic mass is 16.5. The molecule has 0 radical (unpaired) electrons. The minimum absolute atomic E-state index is 0.107. The number of carbonyl (C=O) groups is 1. The molecule has 1 N–H and O–H groups in total. The molecule has 5 heteroatoms. The Balaban J connectivity index is 1.67. The molecule has 1 aromatic heterocycles. The summed E-state index contributed by atoms with van der Waals surface area (Å²) >= 11 is 0. The van der Waals surface area contributed by atoms with E-state index in [0.717, 1.165) is 29.8 Å². The van der Waals surface area contributed by atoms with Crippen LogP contribution in [0.15, 0.2) is 34.9 Å². The molecule has 3 rings (SSSR count). The lowest BCUT2D eigenvalue weighted by Gasteiger charge is -2.00. The van der Waals surface area contributed by atoms with Crippen LogP contribution in [0.25, 0.3) is 11.3 Å². The first-order valence-electron chi connectivity index (χ1n) is 6.64. The SMILES string of the molecule is COc1cccc(-c2cc(CNC(=O)C3CC3)no2)c1. The van der Waals surface area contributed by atoms with E-state index in [2.05, 4.69) is 10.5 Å². The molecule has 1 aromatic carbocycles. The molecule has 1 aliphatic carbocycles. The summed E-state index contributed by atoms with van der Waals surface area (Å²) in [5.74, 6) is 1.75. The minimum atomic E-state index is 0.107. The number of carbonyl (C=O) groups excluding carboxylic acids is 1. The number of hydrogen-bond donors (Lipinski definition) is 1. The van der Waals surface area contributed by atoms with E-state index in [0.29, 0.717) is 12.3 Å². The zero-order chi connectivity index (χ0) is 13.9. The van der Waals surface area contributed by atoms with Crippen LogP contribution in [0.2, 0.25) is 0 Å². The monoisotopic (exact) mass is 272 g/mol. The van der Waals surface area contributed by atoms with Gasteiger partial charge in [0.2, 0.25) is 5.91 Å². The quantitative estimate of drug-likeness (QED) is 0.907. The summed E-state index contributed by atoms with van der Waals surface area (Å²) in [6.07, 6.45) is 2.00. The Bertz CT molecular complexity index is 617. The molecule has 0 unspecified atom stereocenters. The average Bonchev–Trinajstić information content (AvgIpc) is 3.23. The Morgan fingerprint density at radius 3 is 3.05 bits per heavy atom. The van der Waals surface area contributed by atoms with Crippen molar-refractivity contribution in [3.63, 3.8) is 0 Å². The van der Waals surface area contributed by atoms with Crippen LogP contribution in [-0.4, -0.2) is 18.2 Å². The summed E-state index contributed by atoms with van der Waals surface area (Å²) < 4.78 is 10.5. The number of benzene rings is 1. The van der Waals surface area contributed by atoms with Gasteiger partial charge in [0, 0.05) is 17.5 Å². The summed E-state index contributed by atoms with van der Waals surface area (Å²) in [4.78, 5) is 11.6. The van der Waals surface area contributed by atoms with E-state index in [1.807, 2.05) is 30.3 Å². The van der Waals surface area contributed by atoms with Crippen molar-refractivity contribution in [1.29, 1.82) is 0 Å². The van der Waals surface area contributed by atoms with E-state index in [4.69, 9.17) is 9.26 Å². The van der Waals surface area contributed by atoms with Gasteiger partial charge in [-0.1, -0.05) is 17.3 Å². The van der Waals surface area contributed by atoms with Gasteiger partial charge in [0.15, 0.2) is 5.76 Å². The molecule has 0 atom stereocenters. The second-order valence-corrected chi connectivity index (χ2v) is 4.91.